The van der Waals surface area contributed by atoms with E-state index in [1.165, 1.54) is 17.4 Å². The second-order valence-electron chi connectivity index (χ2n) is 10.3. The summed E-state index contributed by atoms with van der Waals surface area (Å²) in [6, 6.07) is 16.8. The number of likely N-dealkylation sites (tertiary alicyclic amines) is 1. The zero-order chi connectivity index (χ0) is 26.2. The number of hydrogen-bond acceptors (Lipinski definition) is 6. The van der Waals surface area contributed by atoms with Crippen molar-refractivity contribution in [2.45, 2.75) is 50.9 Å². The summed E-state index contributed by atoms with van der Waals surface area (Å²) in [5, 5.41) is 14.3. The number of rotatable bonds is 7. The highest BCUT2D eigenvalue weighted by molar-refractivity contribution is 5.84. The van der Waals surface area contributed by atoms with Crippen molar-refractivity contribution >= 4 is 16.8 Å². The van der Waals surface area contributed by atoms with Gasteiger partial charge in [0.1, 0.15) is 5.75 Å². The van der Waals surface area contributed by atoms with Gasteiger partial charge in [-0.15, -0.1) is 0 Å². The van der Waals surface area contributed by atoms with Crippen molar-refractivity contribution in [3.05, 3.63) is 71.4 Å². The molecule has 6 heteroatoms. The minimum atomic E-state index is -1.13. The first-order chi connectivity index (χ1) is 17.9. The van der Waals surface area contributed by atoms with Crippen LogP contribution in [0.3, 0.4) is 0 Å². The molecule has 1 N–H and O–H groups in total. The molecule has 0 spiro atoms. The molecule has 3 unspecified atom stereocenters. The van der Waals surface area contributed by atoms with E-state index in [1.54, 1.807) is 21.3 Å². The van der Waals surface area contributed by atoms with E-state index in [2.05, 4.69) is 65.4 Å². The highest BCUT2D eigenvalue weighted by Gasteiger charge is 2.43. The Morgan fingerprint density at radius 1 is 0.865 bits per heavy atom. The van der Waals surface area contributed by atoms with E-state index in [0.717, 1.165) is 48.2 Å². The Balaban J connectivity index is 1.61. The fourth-order valence-corrected chi connectivity index (χ4v) is 5.94. The monoisotopic (exact) mass is 502 g/mol. The number of benzene rings is 3. The summed E-state index contributed by atoms with van der Waals surface area (Å²) in [7, 11) is 5.02. The van der Waals surface area contributed by atoms with E-state index in [9.17, 15) is 5.11 Å². The molecule has 196 valence electrons. The Bertz CT molecular complexity index is 1300. The van der Waals surface area contributed by atoms with Gasteiger partial charge in [0.2, 0.25) is 0 Å². The molecule has 2 aliphatic heterocycles. The average molecular weight is 503 g/mol. The molecule has 1 fully saturated rings. The van der Waals surface area contributed by atoms with Crippen LogP contribution in [0.5, 0.6) is 17.2 Å². The van der Waals surface area contributed by atoms with Crippen molar-refractivity contribution in [3.63, 3.8) is 0 Å². The molecule has 0 radical (unpaired) electrons. The fraction of sp³-hybridized carbons (Fsp3) is 0.419. The lowest BCUT2D eigenvalue weighted by molar-refractivity contribution is -0.206. The molecular weight excluding hydrogens is 464 g/mol. The van der Waals surface area contributed by atoms with Crippen molar-refractivity contribution in [1.29, 1.82) is 0 Å². The molecule has 0 aromatic heterocycles. The van der Waals surface area contributed by atoms with Crippen LogP contribution in [0.2, 0.25) is 0 Å². The molecular formula is C31H38N2O4. The zero-order valence-electron chi connectivity index (χ0n) is 22.5. The smallest absolute Gasteiger partial charge is 0.195 e. The Morgan fingerprint density at radius 2 is 1.54 bits per heavy atom. The molecule has 2 aliphatic rings. The molecule has 0 bridgehead atoms. The summed E-state index contributed by atoms with van der Waals surface area (Å²) in [4.78, 5) is 4.34. The van der Waals surface area contributed by atoms with E-state index in [1.807, 2.05) is 19.1 Å². The zero-order valence-corrected chi connectivity index (χ0v) is 22.5. The molecule has 1 saturated heterocycles. The molecule has 5 rings (SSSR count). The van der Waals surface area contributed by atoms with E-state index in [0.29, 0.717) is 11.5 Å². The number of aliphatic hydroxyl groups is 1. The molecule has 0 amide bonds. The summed E-state index contributed by atoms with van der Waals surface area (Å²) in [5.41, 5.74) is 3.39. The second-order valence-corrected chi connectivity index (χ2v) is 10.3. The first kappa shape index (κ1) is 25.4. The summed E-state index contributed by atoms with van der Waals surface area (Å²) >= 11 is 0. The molecule has 3 atom stereocenters. The summed E-state index contributed by atoms with van der Waals surface area (Å²) in [6.07, 6.45) is 7.54. The van der Waals surface area contributed by atoms with Gasteiger partial charge in [0, 0.05) is 25.2 Å². The van der Waals surface area contributed by atoms with Gasteiger partial charge in [0.25, 0.3) is 0 Å². The lowest BCUT2D eigenvalue weighted by Gasteiger charge is -2.51. The maximum atomic E-state index is 12.0. The Hall–Kier alpha value is -3.22. The molecule has 3 aromatic rings. The Kier molecular flexibility index (Phi) is 7.06. The van der Waals surface area contributed by atoms with Gasteiger partial charge < -0.3 is 24.2 Å². The van der Waals surface area contributed by atoms with Crippen LogP contribution in [0.1, 0.15) is 61.8 Å². The first-order valence-electron chi connectivity index (χ1n) is 13.1. The fourth-order valence-electron chi connectivity index (χ4n) is 5.94. The molecule has 0 saturated carbocycles. The van der Waals surface area contributed by atoms with Crippen molar-refractivity contribution in [3.8, 4) is 17.2 Å². The van der Waals surface area contributed by atoms with Crippen LogP contribution in [0, 0.1) is 0 Å². The summed E-state index contributed by atoms with van der Waals surface area (Å²) in [6.45, 7) is 5.94. The normalized spacial score (nSPS) is 20.3. The number of hydrogen-bond donors (Lipinski definition) is 1. The topological polar surface area (TPSA) is 54.4 Å². The minimum Gasteiger partial charge on any atom is -0.497 e. The SMILES string of the molecule is COc1ccc2cc(C(C)C3c4cc(OC)c(OC)cc4C=CN3C(C)(O)N3CCCCC3)ccc2c1. The van der Waals surface area contributed by atoms with Crippen molar-refractivity contribution in [2.24, 2.45) is 0 Å². The lowest BCUT2D eigenvalue weighted by Crippen LogP contribution is -2.60. The molecule has 37 heavy (non-hydrogen) atoms. The van der Waals surface area contributed by atoms with Crippen molar-refractivity contribution < 1.29 is 19.3 Å². The molecule has 2 heterocycles. The number of methoxy groups -OCH3 is 3. The summed E-state index contributed by atoms with van der Waals surface area (Å²) in [5.74, 6) is 1.18. The highest BCUT2D eigenvalue weighted by atomic mass is 16.5. The lowest BCUT2D eigenvalue weighted by atomic mass is 9.82. The van der Waals surface area contributed by atoms with Crippen LogP contribution in [0.15, 0.2) is 54.7 Å². The van der Waals surface area contributed by atoms with Gasteiger partial charge in [0.15, 0.2) is 17.3 Å². The third kappa shape index (κ3) is 4.64. The Morgan fingerprint density at radius 3 is 2.24 bits per heavy atom. The van der Waals surface area contributed by atoms with Crippen molar-refractivity contribution in [1.82, 2.24) is 9.80 Å². The number of ether oxygens (including phenoxy) is 3. The third-order valence-electron chi connectivity index (χ3n) is 8.14. The highest BCUT2D eigenvalue weighted by Crippen LogP contribution is 2.47. The van der Waals surface area contributed by atoms with Crippen LogP contribution in [-0.2, 0) is 0 Å². The quantitative estimate of drug-likeness (QED) is 0.418. The van der Waals surface area contributed by atoms with E-state index in [-0.39, 0.29) is 12.0 Å². The van der Waals surface area contributed by atoms with Crippen molar-refractivity contribution in [2.75, 3.05) is 34.4 Å². The van der Waals surface area contributed by atoms with Gasteiger partial charge in [-0.25, -0.2) is 0 Å². The van der Waals surface area contributed by atoms with Crippen LogP contribution < -0.4 is 14.2 Å². The molecule has 6 nitrogen and oxygen atoms in total. The van der Waals surface area contributed by atoms with Gasteiger partial charge in [-0.3, -0.25) is 4.90 Å². The number of nitrogens with zero attached hydrogens (tertiary/aromatic N) is 2. The van der Waals surface area contributed by atoms with Gasteiger partial charge >= 0.3 is 0 Å². The second kappa shape index (κ2) is 10.3. The Labute approximate surface area is 220 Å². The largest absolute Gasteiger partial charge is 0.497 e. The van der Waals surface area contributed by atoms with Crippen LogP contribution in [0.4, 0.5) is 0 Å². The van der Waals surface area contributed by atoms with Crippen LogP contribution >= 0.6 is 0 Å². The standard InChI is InChI=1S/C31H38N2O4/c1-21(22-9-10-24-18-26(35-3)12-11-23(24)17-22)30-27-20-29(37-5)28(36-4)19-25(27)13-16-33(30)31(2,34)32-14-7-6-8-15-32/h9-13,16-21,30,34H,6-8,14-15H2,1-5H3. The first-order valence-corrected chi connectivity index (χ1v) is 13.1. The number of piperidine rings is 1. The molecule has 3 aromatic carbocycles. The number of fused-ring (bicyclic) bond motifs is 2. The van der Waals surface area contributed by atoms with E-state index < -0.39 is 5.85 Å². The van der Waals surface area contributed by atoms with Crippen LogP contribution in [0.25, 0.3) is 16.8 Å². The average Bonchev–Trinajstić information content (AvgIpc) is 2.95. The maximum absolute atomic E-state index is 12.0. The van der Waals surface area contributed by atoms with E-state index >= 15 is 0 Å². The third-order valence-corrected chi connectivity index (χ3v) is 8.14. The van der Waals surface area contributed by atoms with Gasteiger partial charge in [-0.05, 0) is 77.6 Å². The maximum Gasteiger partial charge on any atom is 0.195 e. The summed E-state index contributed by atoms with van der Waals surface area (Å²) < 4.78 is 16.7. The van der Waals surface area contributed by atoms with Crippen LogP contribution in [-0.4, -0.2) is 55.2 Å². The predicted octanol–water partition coefficient (Wildman–Crippen LogP) is 6.15. The predicted molar refractivity (Wildman–Crippen MR) is 148 cm³/mol. The van der Waals surface area contributed by atoms with E-state index in [4.69, 9.17) is 14.2 Å². The van der Waals surface area contributed by atoms with Gasteiger partial charge in [-0.2, -0.15) is 0 Å². The van der Waals surface area contributed by atoms with Gasteiger partial charge in [-0.1, -0.05) is 37.6 Å². The molecule has 0 aliphatic carbocycles. The minimum absolute atomic E-state index is 0.0737. The van der Waals surface area contributed by atoms with Gasteiger partial charge in [0.05, 0.1) is 27.4 Å².